The molecule has 0 radical (unpaired) electrons. The van der Waals surface area contributed by atoms with Crippen molar-refractivity contribution in [2.45, 2.75) is 31.3 Å². The first-order valence-corrected chi connectivity index (χ1v) is 7.06. The minimum absolute atomic E-state index is 0.0797. The van der Waals surface area contributed by atoms with E-state index in [1.165, 1.54) is 18.9 Å². The first kappa shape index (κ1) is 15.6. The zero-order valence-electron chi connectivity index (χ0n) is 11.3. The summed E-state index contributed by atoms with van der Waals surface area (Å²) < 4.78 is 9.87. The summed E-state index contributed by atoms with van der Waals surface area (Å²) in [6.07, 6.45) is 0.707. The Morgan fingerprint density at radius 3 is 2.63 bits per heavy atom. The summed E-state index contributed by atoms with van der Waals surface area (Å²) in [6, 6.07) is 7.03. The van der Waals surface area contributed by atoms with Crippen molar-refractivity contribution in [2.75, 3.05) is 12.9 Å². The van der Waals surface area contributed by atoms with Crippen molar-refractivity contribution in [3.8, 4) is 0 Å². The second-order valence-electron chi connectivity index (χ2n) is 3.99. The van der Waals surface area contributed by atoms with Gasteiger partial charge in [0, 0.05) is 4.90 Å². The fourth-order valence-corrected chi connectivity index (χ4v) is 2.17. The molecule has 5 heteroatoms. The van der Waals surface area contributed by atoms with E-state index in [4.69, 9.17) is 9.47 Å². The van der Waals surface area contributed by atoms with Crippen molar-refractivity contribution >= 4 is 23.7 Å². The Bertz CT molecular complexity index is 445. The third kappa shape index (κ3) is 4.95. The number of hydrogen-bond donors (Lipinski definition) is 0. The maximum Gasteiger partial charge on any atom is 0.338 e. The molecule has 0 aliphatic heterocycles. The molecule has 0 heterocycles. The molecule has 0 aliphatic carbocycles. The highest BCUT2D eigenvalue weighted by molar-refractivity contribution is 8.00. The van der Waals surface area contributed by atoms with E-state index in [2.05, 4.69) is 0 Å². The number of hydrogen-bond acceptors (Lipinski definition) is 5. The molecule has 1 unspecified atom stereocenters. The quantitative estimate of drug-likeness (QED) is 0.593. The first-order chi connectivity index (χ1) is 9.08. The van der Waals surface area contributed by atoms with E-state index in [-0.39, 0.29) is 17.8 Å². The first-order valence-electron chi connectivity index (χ1n) is 6.08. The average molecular weight is 282 g/mol. The van der Waals surface area contributed by atoms with E-state index in [1.807, 2.05) is 19.9 Å². The lowest BCUT2D eigenvalue weighted by Crippen LogP contribution is -2.15. The monoisotopic (exact) mass is 282 g/mol. The average Bonchev–Trinajstić information content (AvgIpc) is 2.44. The molecule has 0 N–H and O–H groups in total. The van der Waals surface area contributed by atoms with Crippen LogP contribution >= 0.6 is 11.8 Å². The zero-order valence-corrected chi connectivity index (χ0v) is 12.2. The Morgan fingerprint density at radius 1 is 1.32 bits per heavy atom. The summed E-state index contributed by atoms with van der Waals surface area (Å²) in [5.74, 6) is -0.504. The number of methoxy groups -OCH3 is 1. The zero-order chi connectivity index (χ0) is 14.3. The van der Waals surface area contributed by atoms with Crippen molar-refractivity contribution in [3.05, 3.63) is 29.8 Å². The van der Waals surface area contributed by atoms with E-state index >= 15 is 0 Å². The van der Waals surface area contributed by atoms with E-state index in [1.54, 1.807) is 18.2 Å². The van der Waals surface area contributed by atoms with Crippen LogP contribution in [0.5, 0.6) is 0 Å². The van der Waals surface area contributed by atoms with Crippen LogP contribution in [-0.4, -0.2) is 30.9 Å². The normalized spacial score (nSPS) is 11.7. The standard InChI is InChI=1S/C14H18O4S/c1-4-10(2)18-13(15)9-19-12-8-6-5-7-11(12)14(16)17-3/h5-8,10H,4,9H2,1-3H3. The number of rotatable bonds is 6. The molecule has 0 amide bonds. The number of thioether (sulfide) groups is 1. The number of carbonyl (C=O) groups excluding carboxylic acids is 2. The second-order valence-corrected chi connectivity index (χ2v) is 5.00. The molecule has 1 aromatic carbocycles. The number of esters is 2. The molecule has 0 aromatic heterocycles. The Hall–Kier alpha value is -1.49. The second kappa shape index (κ2) is 7.84. The molecule has 0 fully saturated rings. The van der Waals surface area contributed by atoms with Gasteiger partial charge >= 0.3 is 11.9 Å². The number of benzene rings is 1. The lowest BCUT2D eigenvalue weighted by molar-refractivity contribution is -0.144. The van der Waals surface area contributed by atoms with Crippen LogP contribution in [0.15, 0.2) is 29.2 Å². The molecule has 0 saturated heterocycles. The molecule has 0 saturated carbocycles. The molecule has 19 heavy (non-hydrogen) atoms. The van der Waals surface area contributed by atoms with Gasteiger partial charge in [0.15, 0.2) is 0 Å². The highest BCUT2D eigenvalue weighted by Crippen LogP contribution is 2.23. The van der Waals surface area contributed by atoms with Crippen LogP contribution in [0.3, 0.4) is 0 Å². The number of carbonyl (C=O) groups is 2. The lowest BCUT2D eigenvalue weighted by atomic mass is 10.2. The van der Waals surface area contributed by atoms with E-state index in [9.17, 15) is 9.59 Å². The molecule has 1 aromatic rings. The molecule has 104 valence electrons. The minimum Gasteiger partial charge on any atom is -0.465 e. The Balaban J connectivity index is 2.63. The van der Waals surface area contributed by atoms with Crippen LogP contribution in [0.25, 0.3) is 0 Å². The van der Waals surface area contributed by atoms with Gasteiger partial charge in [-0.1, -0.05) is 19.1 Å². The Labute approximate surface area is 117 Å². The van der Waals surface area contributed by atoms with Gasteiger partial charge < -0.3 is 9.47 Å². The molecule has 1 rings (SSSR count). The van der Waals surface area contributed by atoms with Crippen molar-refractivity contribution in [3.63, 3.8) is 0 Å². The van der Waals surface area contributed by atoms with Crippen molar-refractivity contribution < 1.29 is 19.1 Å². The smallest absolute Gasteiger partial charge is 0.338 e. The van der Waals surface area contributed by atoms with Gasteiger partial charge in [-0.15, -0.1) is 11.8 Å². The predicted molar refractivity (Wildman–Crippen MR) is 74.4 cm³/mol. The molecule has 0 spiro atoms. The highest BCUT2D eigenvalue weighted by Gasteiger charge is 2.14. The molecular formula is C14H18O4S. The van der Waals surface area contributed by atoms with Gasteiger partial charge in [0.25, 0.3) is 0 Å². The van der Waals surface area contributed by atoms with Gasteiger partial charge in [-0.25, -0.2) is 4.79 Å². The Kier molecular flexibility index (Phi) is 6.42. The van der Waals surface area contributed by atoms with Gasteiger partial charge in [-0.3, -0.25) is 4.79 Å². The van der Waals surface area contributed by atoms with Gasteiger partial charge in [0.2, 0.25) is 0 Å². The molecule has 4 nitrogen and oxygen atoms in total. The molecule has 0 bridgehead atoms. The van der Waals surface area contributed by atoms with Crippen LogP contribution in [-0.2, 0) is 14.3 Å². The predicted octanol–water partition coefficient (Wildman–Crippen LogP) is 2.91. The van der Waals surface area contributed by atoms with Gasteiger partial charge in [-0.05, 0) is 25.5 Å². The minimum atomic E-state index is -0.404. The van der Waals surface area contributed by atoms with Crippen molar-refractivity contribution in [1.29, 1.82) is 0 Å². The maximum atomic E-state index is 11.6. The fraction of sp³-hybridized carbons (Fsp3) is 0.429. The summed E-state index contributed by atoms with van der Waals surface area (Å²) in [7, 11) is 1.33. The van der Waals surface area contributed by atoms with Crippen LogP contribution in [0.4, 0.5) is 0 Å². The largest absolute Gasteiger partial charge is 0.465 e. The summed E-state index contributed by atoms with van der Waals surface area (Å²) >= 11 is 1.28. The summed E-state index contributed by atoms with van der Waals surface area (Å²) in [5.41, 5.74) is 0.464. The SMILES string of the molecule is CCC(C)OC(=O)CSc1ccccc1C(=O)OC. The molecular weight excluding hydrogens is 264 g/mol. The van der Waals surface area contributed by atoms with Crippen molar-refractivity contribution in [1.82, 2.24) is 0 Å². The van der Waals surface area contributed by atoms with E-state index < -0.39 is 5.97 Å². The summed E-state index contributed by atoms with van der Waals surface area (Å²) in [6.45, 7) is 3.81. The maximum absolute atomic E-state index is 11.6. The Morgan fingerprint density at radius 2 is 2.00 bits per heavy atom. The molecule has 0 aliphatic rings. The van der Waals surface area contributed by atoms with E-state index in [0.717, 1.165) is 11.3 Å². The summed E-state index contributed by atoms with van der Waals surface area (Å²) in [4.78, 5) is 23.8. The highest BCUT2D eigenvalue weighted by atomic mass is 32.2. The van der Waals surface area contributed by atoms with Crippen LogP contribution in [0, 0.1) is 0 Å². The third-order valence-electron chi connectivity index (χ3n) is 2.55. The topological polar surface area (TPSA) is 52.6 Å². The van der Waals surface area contributed by atoms with Gasteiger partial charge in [-0.2, -0.15) is 0 Å². The summed E-state index contributed by atoms with van der Waals surface area (Å²) in [5, 5.41) is 0. The lowest BCUT2D eigenvalue weighted by Gasteiger charge is -2.11. The van der Waals surface area contributed by atoms with E-state index in [0.29, 0.717) is 5.56 Å². The van der Waals surface area contributed by atoms with Crippen molar-refractivity contribution in [2.24, 2.45) is 0 Å². The van der Waals surface area contributed by atoms with Gasteiger partial charge in [0.05, 0.1) is 24.5 Å². The van der Waals surface area contributed by atoms with Gasteiger partial charge in [0.1, 0.15) is 0 Å². The number of ether oxygens (including phenoxy) is 2. The fourth-order valence-electron chi connectivity index (χ4n) is 1.35. The molecule has 1 atom stereocenters. The third-order valence-corrected chi connectivity index (χ3v) is 3.59. The van der Waals surface area contributed by atoms with Crippen LogP contribution < -0.4 is 0 Å². The van der Waals surface area contributed by atoms with Crippen LogP contribution in [0.1, 0.15) is 30.6 Å². The van der Waals surface area contributed by atoms with Crippen LogP contribution in [0.2, 0.25) is 0 Å².